The van der Waals surface area contributed by atoms with Crippen LogP contribution >= 0.6 is 0 Å². The average molecular weight is 264 g/mol. The van der Waals surface area contributed by atoms with E-state index in [2.05, 4.69) is 15.3 Å². The van der Waals surface area contributed by atoms with E-state index in [-0.39, 0.29) is 11.2 Å². The van der Waals surface area contributed by atoms with Gasteiger partial charge in [-0.15, -0.1) is 0 Å². The fourth-order valence-electron chi connectivity index (χ4n) is 2.41. The first-order valence-corrected chi connectivity index (χ1v) is 6.20. The Morgan fingerprint density at radius 3 is 2.53 bits per heavy atom. The lowest BCUT2D eigenvalue weighted by atomic mass is 10.4. The number of imidazole rings is 1. The first-order valence-electron chi connectivity index (χ1n) is 6.20. The summed E-state index contributed by atoms with van der Waals surface area (Å²) in [5.74, 6) is 0. The Kier molecular flexibility index (Phi) is 2.67. The highest BCUT2D eigenvalue weighted by molar-refractivity contribution is 5.70. The molecular weight excluding hydrogens is 248 g/mol. The molecule has 19 heavy (non-hydrogen) atoms. The van der Waals surface area contributed by atoms with Gasteiger partial charge in [0.2, 0.25) is 0 Å². The molecule has 0 unspecified atom stereocenters. The molecule has 0 aromatic carbocycles. The Hall–Kier alpha value is -2.09. The topological polar surface area (TPSA) is 77.1 Å². The number of nitrogens with one attached hydrogen (secondary N) is 1. The van der Waals surface area contributed by atoms with Crippen LogP contribution in [-0.2, 0) is 14.1 Å². The smallest absolute Gasteiger partial charge is 0.313 e. The second-order valence-corrected chi connectivity index (χ2v) is 4.67. The van der Waals surface area contributed by atoms with Crippen molar-refractivity contribution in [2.75, 3.05) is 31.2 Å². The van der Waals surface area contributed by atoms with Crippen LogP contribution < -0.4 is 21.6 Å². The molecule has 1 aliphatic rings. The summed E-state index contributed by atoms with van der Waals surface area (Å²) in [5, 5.41) is 5.31. The number of piperazine rings is 1. The molecule has 1 fully saturated rings. The van der Waals surface area contributed by atoms with E-state index in [9.17, 15) is 9.59 Å². The second kappa shape index (κ2) is 4.23. The number of fused-ring (bicyclic) bond motifs is 1. The highest BCUT2D eigenvalue weighted by Gasteiger charge is 2.18. The van der Waals surface area contributed by atoms with Crippen LogP contribution in [-0.4, -0.2) is 45.0 Å². The van der Waals surface area contributed by atoms with Gasteiger partial charge in [0.1, 0.15) is 6.33 Å². The zero-order chi connectivity index (χ0) is 13.6. The summed E-state index contributed by atoms with van der Waals surface area (Å²) >= 11 is 0. The van der Waals surface area contributed by atoms with Crippen molar-refractivity contribution in [3.8, 4) is 0 Å². The van der Waals surface area contributed by atoms with Gasteiger partial charge in [-0.25, -0.2) is 14.5 Å². The van der Waals surface area contributed by atoms with E-state index in [1.165, 1.54) is 11.6 Å². The maximum atomic E-state index is 12.3. The molecule has 1 N–H and O–H groups in total. The van der Waals surface area contributed by atoms with E-state index in [1.54, 1.807) is 18.1 Å². The van der Waals surface area contributed by atoms with Crippen LogP contribution in [0.25, 0.3) is 11.2 Å². The molecule has 8 heteroatoms. The molecule has 0 spiro atoms. The highest BCUT2D eigenvalue weighted by Crippen LogP contribution is 2.06. The molecule has 0 radical (unpaired) electrons. The minimum absolute atomic E-state index is 0.311. The van der Waals surface area contributed by atoms with E-state index in [0.717, 1.165) is 30.7 Å². The second-order valence-electron chi connectivity index (χ2n) is 4.67. The SMILES string of the molecule is Cn1c(=O)c2c(ncn2N2CCNCC2)n(C)c1=O. The molecule has 3 heterocycles. The number of hydrogen-bond donors (Lipinski definition) is 1. The van der Waals surface area contributed by atoms with Crippen molar-refractivity contribution in [2.45, 2.75) is 0 Å². The van der Waals surface area contributed by atoms with Gasteiger partial charge < -0.3 is 10.3 Å². The van der Waals surface area contributed by atoms with Crippen molar-refractivity contribution < 1.29 is 0 Å². The molecule has 2 aromatic heterocycles. The average Bonchev–Trinajstić information content (AvgIpc) is 2.88. The number of hydrogen-bond acceptors (Lipinski definition) is 5. The van der Waals surface area contributed by atoms with Crippen molar-refractivity contribution in [1.29, 1.82) is 0 Å². The fraction of sp³-hybridized carbons (Fsp3) is 0.545. The standard InChI is InChI=1S/C11H16N6O2/c1-14-9-8(10(18)15(2)11(14)19)17(7-13-9)16-5-3-12-4-6-16/h7,12H,3-6H2,1-2H3. The largest absolute Gasteiger partial charge is 0.332 e. The van der Waals surface area contributed by atoms with Crippen molar-refractivity contribution in [1.82, 2.24) is 24.1 Å². The lowest BCUT2D eigenvalue weighted by Gasteiger charge is -2.30. The molecule has 0 saturated carbocycles. The Morgan fingerprint density at radius 2 is 1.84 bits per heavy atom. The minimum Gasteiger partial charge on any atom is -0.313 e. The first-order chi connectivity index (χ1) is 9.11. The summed E-state index contributed by atoms with van der Waals surface area (Å²) in [6.45, 7) is 3.34. The van der Waals surface area contributed by atoms with E-state index in [1.807, 2.05) is 0 Å². The molecule has 0 atom stereocenters. The molecule has 102 valence electrons. The van der Waals surface area contributed by atoms with Gasteiger partial charge in [-0.05, 0) is 0 Å². The van der Waals surface area contributed by atoms with Gasteiger partial charge in [0.15, 0.2) is 11.2 Å². The zero-order valence-electron chi connectivity index (χ0n) is 11.0. The van der Waals surface area contributed by atoms with Gasteiger partial charge in [-0.2, -0.15) is 0 Å². The summed E-state index contributed by atoms with van der Waals surface area (Å²) in [4.78, 5) is 28.3. The molecular formula is C11H16N6O2. The minimum atomic E-state index is -0.358. The van der Waals surface area contributed by atoms with Gasteiger partial charge in [-0.1, -0.05) is 0 Å². The Labute approximate surface area is 108 Å². The van der Waals surface area contributed by atoms with Gasteiger partial charge in [0, 0.05) is 40.3 Å². The lowest BCUT2D eigenvalue weighted by molar-refractivity contribution is 0.497. The van der Waals surface area contributed by atoms with E-state index in [4.69, 9.17) is 0 Å². The molecule has 1 aliphatic heterocycles. The first kappa shape index (κ1) is 12.0. The summed E-state index contributed by atoms with van der Waals surface area (Å²) in [7, 11) is 3.11. The predicted molar refractivity (Wildman–Crippen MR) is 71.0 cm³/mol. The van der Waals surface area contributed by atoms with Crippen molar-refractivity contribution in [3.63, 3.8) is 0 Å². The summed E-state index contributed by atoms with van der Waals surface area (Å²) in [6, 6.07) is 0. The van der Waals surface area contributed by atoms with Crippen LogP contribution in [0.1, 0.15) is 0 Å². The van der Waals surface area contributed by atoms with Crippen LogP contribution in [0.2, 0.25) is 0 Å². The normalized spacial score (nSPS) is 16.2. The molecule has 1 saturated heterocycles. The Bertz CT molecular complexity index is 734. The third-order valence-electron chi connectivity index (χ3n) is 3.53. The summed E-state index contributed by atoms with van der Waals surface area (Å²) in [5.41, 5.74) is 0.204. The van der Waals surface area contributed by atoms with Gasteiger partial charge in [0.05, 0.1) is 0 Å². The number of aryl methyl sites for hydroxylation is 1. The third-order valence-corrected chi connectivity index (χ3v) is 3.53. The Balaban J connectivity index is 2.28. The fourth-order valence-corrected chi connectivity index (χ4v) is 2.41. The van der Waals surface area contributed by atoms with Crippen molar-refractivity contribution in [2.24, 2.45) is 14.1 Å². The van der Waals surface area contributed by atoms with Crippen molar-refractivity contribution in [3.05, 3.63) is 27.2 Å². The van der Waals surface area contributed by atoms with E-state index in [0.29, 0.717) is 11.2 Å². The summed E-state index contributed by atoms with van der Waals surface area (Å²) < 4.78 is 4.27. The maximum Gasteiger partial charge on any atom is 0.332 e. The quantitative estimate of drug-likeness (QED) is 0.643. The summed E-state index contributed by atoms with van der Waals surface area (Å²) in [6.07, 6.45) is 1.61. The van der Waals surface area contributed by atoms with Crippen LogP contribution in [0, 0.1) is 0 Å². The van der Waals surface area contributed by atoms with Gasteiger partial charge in [0.25, 0.3) is 5.56 Å². The van der Waals surface area contributed by atoms with Crippen LogP contribution in [0.4, 0.5) is 0 Å². The lowest BCUT2D eigenvalue weighted by Crippen LogP contribution is -2.50. The van der Waals surface area contributed by atoms with Crippen LogP contribution in [0.3, 0.4) is 0 Å². The molecule has 0 amide bonds. The number of nitrogens with zero attached hydrogens (tertiary/aromatic N) is 5. The van der Waals surface area contributed by atoms with Crippen LogP contribution in [0.15, 0.2) is 15.9 Å². The number of rotatable bonds is 1. The molecule has 3 rings (SSSR count). The van der Waals surface area contributed by atoms with Gasteiger partial charge >= 0.3 is 5.69 Å². The molecule has 0 bridgehead atoms. The maximum absolute atomic E-state index is 12.3. The molecule has 2 aromatic rings. The molecule has 0 aliphatic carbocycles. The highest BCUT2D eigenvalue weighted by atomic mass is 16.2. The molecule has 8 nitrogen and oxygen atoms in total. The van der Waals surface area contributed by atoms with E-state index >= 15 is 0 Å². The van der Waals surface area contributed by atoms with E-state index < -0.39 is 0 Å². The van der Waals surface area contributed by atoms with Crippen LogP contribution in [0.5, 0.6) is 0 Å². The van der Waals surface area contributed by atoms with Crippen molar-refractivity contribution >= 4 is 11.2 Å². The monoisotopic (exact) mass is 264 g/mol. The Morgan fingerprint density at radius 1 is 1.16 bits per heavy atom. The predicted octanol–water partition coefficient (Wildman–Crippen LogP) is -2.03. The van der Waals surface area contributed by atoms with Gasteiger partial charge in [-0.3, -0.25) is 13.9 Å². The zero-order valence-corrected chi connectivity index (χ0v) is 11.0. The third kappa shape index (κ3) is 1.67. The number of aromatic nitrogens is 4.